The summed E-state index contributed by atoms with van der Waals surface area (Å²) in [5.74, 6) is 4.64. The van der Waals surface area contributed by atoms with Gasteiger partial charge in [0.05, 0.1) is 6.10 Å². The SMILES string of the molecule is CC(C)/C(=C\COO)CC[C@@H](C)C1CCC2C3CC=C4C[C@@H](O)CCC4(C)C3CCC21C. The number of allylic oxidation sites excluding steroid dienone is 2. The summed E-state index contributed by atoms with van der Waals surface area (Å²) < 4.78 is 0. The minimum Gasteiger partial charge on any atom is -0.393 e. The molecule has 0 heterocycles. The molecule has 6 unspecified atom stereocenters. The molecule has 0 radical (unpaired) electrons. The van der Waals surface area contributed by atoms with Crippen molar-refractivity contribution in [2.24, 2.45) is 46.3 Å². The highest BCUT2D eigenvalue weighted by Gasteiger charge is 2.59. The Morgan fingerprint density at radius 2 is 1.91 bits per heavy atom. The maximum Gasteiger partial charge on any atom is 0.100 e. The normalized spacial score (nSPS) is 42.8. The van der Waals surface area contributed by atoms with Gasteiger partial charge in [0.1, 0.15) is 6.61 Å². The Kier molecular flexibility index (Phi) is 7.30. The van der Waals surface area contributed by atoms with Crippen LogP contribution in [0.5, 0.6) is 0 Å². The lowest BCUT2D eigenvalue weighted by molar-refractivity contribution is -0.232. The van der Waals surface area contributed by atoms with Crippen LogP contribution >= 0.6 is 0 Å². The minimum atomic E-state index is -0.106. The van der Waals surface area contributed by atoms with Crippen molar-refractivity contribution in [2.75, 3.05) is 6.61 Å². The number of fused-ring (bicyclic) bond motifs is 5. The summed E-state index contributed by atoms with van der Waals surface area (Å²) in [6, 6.07) is 0. The molecule has 3 heteroatoms. The predicted molar refractivity (Wildman–Crippen MR) is 131 cm³/mol. The zero-order valence-corrected chi connectivity index (χ0v) is 21.3. The summed E-state index contributed by atoms with van der Waals surface area (Å²) in [4.78, 5) is 4.32. The molecule has 4 aliphatic carbocycles. The van der Waals surface area contributed by atoms with E-state index >= 15 is 0 Å². The van der Waals surface area contributed by atoms with Crippen molar-refractivity contribution < 1.29 is 15.3 Å². The Morgan fingerprint density at radius 3 is 2.62 bits per heavy atom. The van der Waals surface area contributed by atoms with Gasteiger partial charge >= 0.3 is 0 Å². The molecule has 2 N–H and O–H groups in total. The summed E-state index contributed by atoms with van der Waals surface area (Å²) >= 11 is 0. The van der Waals surface area contributed by atoms with Crippen molar-refractivity contribution in [2.45, 2.75) is 105 Å². The minimum absolute atomic E-state index is 0.106. The molecule has 8 atom stereocenters. The van der Waals surface area contributed by atoms with E-state index in [1.807, 2.05) is 0 Å². The van der Waals surface area contributed by atoms with E-state index < -0.39 is 0 Å². The molecule has 0 aromatic rings. The molecule has 4 aliphatic rings. The van der Waals surface area contributed by atoms with Gasteiger partial charge in [-0.1, -0.05) is 57.9 Å². The average molecular weight is 445 g/mol. The lowest BCUT2D eigenvalue weighted by atomic mass is 9.47. The van der Waals surface area contributed by atoms with Gasteiger partial charge in [0.25, 0.3) is 0 Å². The smallest absolute Gasteiger partial charge is 0.100 e. The third-order valence-electron chi connectivity index (χ3n) is 10.9. The molecule has 3 saturated carbocycles. The molecule has 0 aromatic heterocycles. The highest BCUT2D eigenvalue weighted by atomic mass is 17.1. The van der Waals surface area contributed by atoms with Crippen LogP contribution in [0.1, 0.15) is 98.8 Å². The summed E-state index contributed by atoms with van der Waals surface area (Å²) in [6.45, 7) is 12.5. The van der Waals surface area contributed by atoms with Crippen LogP contribution in [0, 0.1) is 46.3 Å². The van der Waals surface area contributed by atoms with Crippen molar-refractivity contribution in [1.29, 1.82) is 0 Å². The number of aliphatic hydroxyl groups is 1. The Bertz CT molecular complexity index is 724. The third kappa shape index (κ3) is 4.27. The summed E-state index contributed by atoms with van der Waals surface area (Å²) in [5, 5.41) is 19.0. The molecule has 4 rings (SSSR count). The second-order valence-corrected chi connectivity index (χ2v) is 12.6. The zero-order chi connectivity index (χ0) is 23.1. The standard InChI is InChI=1S/C29H48O3/c1-19(2)21(14-17-32-31)7-6-20(3)25-10-11-26-24-9-8-22-18-23(30)12-15-28(22,4)27(24)13-16-29(25,26)5/h8,14,19-20,23-27,30-31H,6-7,9-13,15-18H2,1-5H3/b21-14-/t20-,23+,24?,25?,26?,27?,28?,29?/m1/s1. The van der Waals surface area contributed by atoms with E-state index in [-0.39, 0.29) is 6.10 Å². The third-order valence-corrected chi connectivity index (χ3v) is 10.9. The van der Waals surface area contributed by atoms with E-state index in [9.17, 15) is 5.11 Å². The first kappa shape index (κ1) is 24.5. The van der Waals surface area contributed by atoms with Gasteiger partial charge in [0, 0.05) is 0 Å². The van der Waals surface area contributed by atoms with Crippen molar-refractivity contribution in [1.82, 2.24) is 0 Å². The van der Waals surface area contributed by atoms with Crippen LogP contribution in [-0.4, -0.2) is 23.1 Å². The first-order valence-electron chi connectivity index (χ1n) is 13.5. The van der Waals surface area contributed by atoms with Crippen LogP contribution in [-0.2, 0) is 4.89 Å². The van der Waals surface area contributed by atoms with Gasteiger partial charge in [-0.15, -0.1) is 0 Å². The van der Waals surface area contributed by atoms with Crippen LogP contribution in [0.4, 0.5) is 0 Å². The van der Waals surface area contributed by atoms with Crippen LogP contribution < -0.4 is 0 Å². The van der Waals surface area contributed by atoms with E-state index in [1.54, 1.807) is 5.57 Å². The molecule has 0 saturated heterocycles. The van der Waals surface area contributed by atoms with Gasteiger partial charge in [-0.05, 0) is 111 Å². The van der Waals surface area contributed by atoms with Gasteiger partial charge in [0.15, 0.2) is 0 Å². The first-order valence-corrected chi connectivity index (χ1v) is 13.5. The zero-order valence-electron chi connectivity index (χ0n) is 21.3. The Labute approximate surface area is 196 Å². The fraction of sp³-hybridized carbons (Fsp3) is 0.862. The maximum atomic E-state index is 10.3. The van der Waals surface area contributed by atoms with Crippen molar-refractivity contribution >= 4 is 0 Å². The maximum absolute atomic E-state index is 10.3. The van der Waals surface area contributed by atoms with Crippen molar-refractivity contribution in [3.05, 3.63) is 23.3 Å². The number of rotatable bonds is 7. The largest absolute Gasteiger partial charge is 0.393 e. The molecular formula is C29H48O3. The van der Waals surface area contributed by atoms with Crippen LogP contribution in [0.3, 0.4) is 0 Å². The molecule has 0 aliphatic heterocycles. The fourth-order valence-corrected chi connectivity index (χ4v) is 8.98. The van der Waals surface area contributed by atoms with Gasteiger partial charge < -0.3 is 5.11 Å². The van der Waals surface area contributed by atoms with E-state index in [1.165, 1.54) is 50.5 Å². The van der Waals surface area contributed by atoms with Crippen LogP contribution in [0.25, 0.3) is 0 Å². The predicted octanol–water partition coefficient (Wildman–Crippen LogP) is 7.41. The molecule has 182 valence electrons. The Hall–Kier alpha value is -0.640. The Balaban J connectivity index is 1.46. The summed E-state index contributed by atoms with van der Waals surface area (Å²) in [6.07, 6.45) is 16.9. The van der Waals surface area contributed by atoms with Crippen LogP contribution in [0.15, 0.2) is 23.3 Å². The van der Waals surface area contributed by atoms with E-state index in [4.69, 9.17) is 5.26 Å². The molecule has 0 amide bonds. The average Bonchev–Trinajstić information content (AvgIpc) is 3.11. The lowest BCUT2D eigenvalue weighted by Gasteiger charge is -2.58. The molecule has 0 spiro atoms. The molecule has 0 aromatic carbocycles. The summed E-state index contributed by atoms with van der Waals surface area (Å²) in [7, 11) is 0. The highest BCUT2D eigenvalue weighted by molar-refractivity contribution is 5.25. The quantitative estimate of drug-likeness (QED) is 0.244. The van der Waals surface area contributed by atoms with E-state index in [0.29, 0.717) is 23.4 Å². The monoisotopic (exact) mass is 444 g/mol. The van der Waals surface area contributed by atoms with E-state index in [2.05, 4.69) is 51.7 Å². The van der Waals surface area contributed by atoms with Gasteiger partial charge in [0.2, 0.25) is 0 Å². The second-order valence-electron chi connectivity index (χ2n) is 12.6. The fourth-order valence-electron chi connectivity index (χ4n) is 8.98. The molecule has 32 heavy (non-hydrogen) atoms. The molecule has 3 nitrogen and oxygen atoms in total. The van der Waals surface area contributed by atoms with Crippen molar-refractivity contribution in [3.8, 4) is 0 Å². The first-order chi connectivity index (χ1) is 15.2. The van der Waals surface area contributed by atoms with Gasteiger partial charge in [-0.2, -0.15) is 0 Å². The van der Waals surface area contributed by atoms with Gasteiger partial charge in [-0.3, -0.25) is 5.26 Å². The van der Waals surface area contributed by atoms with E-state index in [0.717, 1.165) is 48.9 Å². The summed E-state index contributed by atoms with van der Waals surface area (Å²) in [5.41, 5.74) is 3.85. The molecular weight excluding hydrogens is 396 g/mol. The van der Waals surface area contributed by atoms with Crippen molar-refractivity contribution in [3.63, 3.8) is 0 Å². The number of hydrogen-bond donors (Lipinski definition) is 2. The molecule has 0 bridgehead atoms. The number of aliphatic hydroxyl groups excluding tert-OH is 1. The topological polar surface area (TPSA) is 49.7 Å². The van der Waals surface area contributed by atoms with Gasteiger partial charge in [-0.25, -0.2) is 4.89 Å². The second kappa shape index (κ2) is 9.55. The Morgan fingerprint density at radius 1 is 1.12 bits per heavy atom. The number of hydrogen-bond acceptors (Lipinski definition) is 3. The van der Waals surface area contributed by atoms with Crippen LogP contribution in [0.2, 0.25) is 0 Å². The highest BCUT2D eigenvalue weighted by Crippen LogP contribution is 2.67. The molecule has 3 fully saturated rings. The lowest BCUT2D eigenvalue weighted by Crippen LogP contribution is -2.50.